The van der Waals surface area contributed by atoms with Crippen LogP contribution < -0.4 is 10.2 Å². The molecule has 1 aliphatic rings. The molecule has 0 spiro atoms. The summed E-state index contributed by atoms with van der Waals surface area (Å²) < 4.78 is 0. The van der Waals surface area contributed by atoms with Crippen LogP contribution in [0.5, 0.6) is 0 Å². The van der Waals surface area contributed by atoms with Gasteiger partial charge in [0.25, 0.3) is 11.8 Å². The Hall–Kier alpha value is -3.39. The number of carbonyl (C=O) groups is 2. The lowest BCUT2D eigenvalue weighted by Crippen LogP contribution is -2.50. The Labute approximate surface area is 249 Å². The van der Waals surface area contributed by atoms with Gasteiger partial charge in [0.05, 0.1) is 17.1 Å². The number of hydrogen-bond donors (Lipinski definition) is 1. The van der Waals surface area contributed by atoms with Gasteiger partial charge in [0.1, 0.15) is 0 Å². The Morgan fingerprint density at radius 1 is 0.878 bits per heavy atom. The topological polar surface area (TPSA) is 55.9 Å². The van der Waals surface area contributed by atoms with Crippen LogP contribution in [0.15, 0.2) is 88.7 Å². The molecule has 0 saturated carbocycles. The number of anilines is 1. The standard InChI is InChI=1S/C34H42N4O2S/c1-5-36(6-2)25-29(37(7-3)8-4)23-35-33(39)28-20-18-26(19-21-28)22-32-34(40)38(24-27-14-10-9-11-15-27)30-16-12-13-17-31(30)41-32/h9-22,29H,5-8,23-25H2,1-4H3,(H,35,39). The second-order valence-electron chi connectivity index (χ2n) is 10.1. The van der Waals surface area contributed by atoms with Gasteiger partial charge in [0, 0.05) is 29.6 Å². The maximum absolute atomic E-state index is 13.6. The van der Waals surface area contributed by atoms with Crippen molar-refractivity contribution in [3.05, 3.63) is 100 Å². The number of thioether (sulfide) groups is 1. The van der Waals surface area contributed by atoms with Gasteiger partial charge in [0.2, 0.25) is 0 Å². The Kier molecular flexibility index (Phi) is 11.2. The number of hydrogen-bond acceptors (Lipinski definition) is 5. The average molecular weight is 571 g/mol. The van der Waals surface area contributed by atoms with E-state index in [-0.39, 0.29) is 17.9 Å². The third-order valence-corrected chi connectivity index (χ3v) is 8.75. The number of benzene rings is 3. The average Bonchev–Trinajstić information content (AvgIpc) is 3.01. The highest BCUT2D eigenvalue weighted by molar-refractivity contribution is 8.04. The Balaban J connectivity index is 1.46. The maximum atomic E-state index is 13.6. The fourth-order valence-corrected chi connectivity index (χ4v) is 6.27. The SMILES string of the molecule is CCN(CC)CC(CNC(=O)c1ccc(C=C2Sc3ccccc3N(Cc3ccccc3)C2=O)cc1)N(CC)CC. The van der Waals surface area contributed by atoms with Gasteiger partial charge >= 0.3 is 0 Å². The number of likely N-dealkylation sites (N-methyl/N-ethyl adjacent to an activating group) is 2. The first-order valence-corrected chi connectivity index (χ1v) is 15.5. The summed E-state index contributed by atoms with van der Waals surface area (Å²) in [6.45, 7) is 14.6. The first-order chi connectivity index (χ1) is 20.0. The Bertz CT molecular complexity index is 1320. The highest BCUT2D eigenvalue weighted by Crippen LogP contribution is 2.42. The van der Waals surface area contributed by atoms with E-state index in [1.54, 1.807) is 0 Å². The number of fused-ring (bicyclic) bond motifs is 1. The van der Waals surface area contributed by atoms with E-state index < -0.39 is 0 Å². The second kappa shape index (κ2) is 15.0. The molecule has 7 heteroatoms. The summed E-state index contributed by atoms with van der Waals surface area (Å²) in [7, 11) is 0. The lowest BCUT2D eigenvalue weighted by molar-refractivity contribution is -0.114. The third kappa shape index (κ3) is 7.88. The largest absolute Gasteiger partial charge is 0.350 e. The van der Waals surface area contributed by atoms with E-state index in [9.17, 15) is 9.59 Å². The highest BCUT2D eigenvalue weighted by atomic mass is 32.2. The van der Waals surface area contributed by atoms with Crippen molar-refractivity contribution in [3.63, 3.8) is 0 Å². The summed E-state index contributed by atoms with van der Waals surface area (Å²) in [5.41, 5.74) is 3.52. The zero-order valence-corrected chi connectivity index (χ0v) is 25.5. The minimum atomic E-state index is -0.0769. The van der Waals surface area contributed by atoms with Crippen LogP contribution in [0.1, 0.15) is 49.2 Å². The van der Waals surface area contributed by atoms with Crippen LogP contribution in [0.4, 0.5) is 5.69 Å². The molecule has 1 heterocycles. The summed E-state index contributed by atoms with van der Waals surface area (Å²) in [5.74, 6) is -0.0954. The third-order valence-electron chi connectivity index (χ3n) is 7.68. The summed E-state index contributed by atoms with van der Waals surface area (Å²) in [6, 6.07) is 25.8. The second-order valence-corrected chi connectivity index (χ2v) is 11.2. The number of nitrogens with one attached hydrogen (secondary N) is 1. The fourth-order valence-electron chi connectivity index (χ4n) is 5.21. The molecule has 41 heavy (non-hydrogen) atoms. The summed E-state index contributed by atoms with van der Waals surface area (Å²) in [4.78, 5) is 35.0. The molecule has 216 valence electrons. The molecule has 0 saturated heterocycles. The molecule has 0 aliphatic carbocycles. The molecule has 1 atom stereocenters. The molecule has 3 aromatic carbocycles. The van der Waals surface area contributed by atoms with Crippen molar-refractivity contribution in [1.29, 1.82) is 0 Å². The van der Waals surface area contributed by atoms with E-state index >= 15 is 0 Å². The van der Waals surface area contributed by atoms with Crippen molar-refractivity contribution >= 4 is 35.3 Å². The summed E-state index contributed by atoms with van der Waals surface area (Å²) in [5, 5.41) is 3.16. The number of carbonyl (C=O) groups excluding carboxylic acids is 2. The van der Waals surface area contributed by atoms with E-state index in [1.807, 2.05) is 83.8 Å². The van der Waals surface area contributed by atoms with Gasteiger partial charge in [-0.25, -0.2) is 0 Å². The highest BCUT2D eigenvalue weighted by Gasteiger charge is 2.29. The van der Waals surface area contributed by atoms with Gasteiger partial charge in [-0.3, -0.25) is 14.5 Å². The normalized spacial score (nSPS) is 14.9. The van der Waals surface area contributed by atoms with Crippen molar-refractivity contribution in [2.45, 2.75) is 45.2 Å². The van der Waals surface area contributed by atoms with Gasteiger partial charge in [-0.2, -0.15) is 0 Å². The Morgan fingerprint density at radius 3 is 2.20 bits per heavy atom. The van der Waals surface area contributed by atoms with Crippen LogP contribution in [0.25, 0.3) is 6.08 Å². The minimum absolute atomic E-state index is 0.0185. The van der Waals surface area contributed by atoms with E-state index in [2.05, 4.69) is 48.9 Å². The predicted octanol–water partition coefficient (Wildman–Crippen LogP) is 6.15. The van der Waals surface area contributed by atoms with Gasteiger partial charge in [-0.15, -0.1) is 0 Å². The summed E-state index contributed by atoms with van der Waals surface area (Å²) in [6.07, 6.45) is 1.92. The first kappa shape index (κ1) is 30.6. The van der Waals surface area contributed by atoms with Crippen LogP contribution >= 0.6 is 11.8 Å². The molecule has 1 unspecified atom stereocenters. The zero-order chi connectivity index (χ0) is 29.2. The first-order valence-electron chi connectivity index (χ1n) is 14.7. The van der Waals surface area contributed by atoms with Crippen LogP contribution in [-0.2, 0) is 11.3 Å². The molecule has 1 aliphatic heterocycles. The van der Waals surface area contributed by atoms with Crippen LogP contribution in [0, 0.1) is 0 Å². The molecule has 4 rings (SSSR count). The van der Waals surface area contributed by atoms with Gasteiger partial charge in [-0.1, -0.05) is 94.1 Å². The lowest BCUT2D eigenvalue weighted by Gasteiger charge is -2.33. The smallest absolute Gasteiger partial charge is 0.265 e. The van der Waals surface area contributed by atoms with Gasteiger partial charge in [-0.05, 0) is 67.6 Å². The molecule has 3 aromatic rings. The Morgan fingerprint density at radius 2 is 1.54 bits per heavy atom. The molecule has 0 bridgehead atoms. The molecule has 1 N–H and O–H groups in total. The van der Waals surface area contributed by atoms with Crippen molar-refractivity contribution in [2.24, 2.45) is 0 Å². The molecule has 6 nitrogen and oxygen atoms in total. The number of nitrogens with zero attached hydrogens (tertiary/aromatic N) is 3. The van der Waals surface area contributed by atoms with E-state index in [0.717, 1.165) is 54.4 Å². The zero-order valence-electron chi connectivity index (χ0n) is 24.7. The molecular weight excluding hydrogens is 528 g/mol. The van der Waals surface area contributed by atoms with Crippen LogP contribution in [-0.4, -0.2) is 66.9 Å². The van der Waals surface area contributed by atoms with Crippen LogP contribution in [0.2, 0.25) is 0 Å². The molecule has 0 radical (unpaired) electrons. The quantitative estimate of drug-likeness (QED) is 0.250. The number of para-hydroxylation sites is 1. The number of amides is 2. The summed E-state index contributed by atoms with van der Waals surface area (Å²) >= 11 is 1.49. The maximum Gasteiger partial charge on any atom is 0.265 e. The van der Waals surface area contributed by atoms with E-state index in [0.29, 0.717) is 23.6 Å². The van der Waals surface area contributed by atoms with E-state index in [4.69, 9.17) is 0 Å². The van der Waals surface area contributed by atoms with Crippen molar-refractivity contribution in [2.75, 3.05) is 44.2 Å². The molecule has 0 aromatic heterocycles. The lowest BCUT2D eigenvalue weighted by atomic mass is 10.1. The van der Waals surface area contributed by atoms with Crippen molar-refractivity contribution in [3.8, 4) is 0 Å². The van der Waals surface area contributed by atoms with Gasteiger partial charge in [0.15, 0.2) is 0 Å². The van der Waals surface area contributed by atoms with Gasteiger partial charge < -0.3 is 15.1 Å². The predicted molar refractivity (Wildman–Crippen MR) is 171 cm³/mol. The van der Waals surface area contributed by atoms with Crippen molar-refractivity contribution < 1.29 is 9.59 Å². The monoisotopic (exact) mass is 570 g/mol. The molecule has 0 fully saturated rings. The minimum Gasteiger partial charge on any atom is -0.350 e. The van der Waals surface area contributed by atoms with Crippen LogP contribution in [0.3, 0.4) is 0 Å². The van der Waals surface area contributed by atoms with E-state index in [1.165, 1.54) is 11.8 Å². The molecular formula is C34H42N4O2S. The fraction of sp³-hybridized carbons (Fsp3) is 0.353. The molecule has 2 amide bonds. The van der Waals surface area contributed by atoms with Crippen molar-refractivity contribution in [1.82, 2.24) is 15.1 Å². The number of rotatable bonds is 13.